The summed E-state index contributed by atoms with van der Waals surface area (Å²) >= 11 is 0. The minimum atomic E-state index is -0.499. The fourth-order valence-corrected chi connectivity index (χ4v) is 9.67. The Kier molecular flexibility index (Phi) is 7.44. The van der Waals surface area contributed by atoms with E-state index in [2.05, 4.69) is 205 Å². The Hall–Kier alpha value is -5.48. The van der Waals surface area contributed by atoms with Crippen molar-refractivity contribution in [3.63, 3.8) is 0 Å². The molecule has 1 aliphatic heterocycles. The molecule has 3 heteroatoms. The Labute approximate surface area is 326 Å². The molecule has 1 saturated heterocycles. The smallest absolute Gasteiger partial charge is 0.399 e. The molecular formula is C52H45BO2. The highest BCUT2D eigenvalue weighted by atomic mass is 16.7. The Bertz CT molecular complexity index is 2550. The van der Waals surface area contributed by atoms with Crippen LogP contribution in [-0.2, 0) is 20.1 Å². The van der Waals surface area contributed by atoms with Gasteiger partial charge in [-0.2, -0.15) is 0 Å². The van der Waals surface area contributed by atoms with Gasteiger partial charge in [-0.3, -0.25) is 0 Å². The van der Waals surface area contributed by atoms with Gasteiger partial charge in [-0.25, -0.2) is 0 Å². The summed E-state index contributed by atoms with van der Waals surface area (Å²) in [6.45, 7) is 13.3. The highest BCUT2D eigenvalue weighted by Crippen LogP contribution is 2.62. The number of hydrogen-bond acceptors (Lipinski definition) is 2. The monoisotopic (exact) mass is 712 g/mol. The van der Waals surface area contributed by atoms with Crippen molar-refractivity contribution in [3.8, 4) is 44.5 Å². The maximum absolute atomic E-state index is 6.82. The van der Waals surface area contributed by atoms with Crippen LogP contribution in [0.3, 0.4) is 0 Å². The van der Waals surface area contributed by atoms with Crippen molar-refractivity contribution in [2.24, 2.45) is 0 Å². The zero-order valence-electron chi connectivity index (χ0n) is 32.5. The molecule has 1 spiro atoms. The summed E-state index contributed by atoms with van der Waals surface area (Å²) in [5.41, 5.74) is 17.2. The molecule has 1 fully saturated rings. The first-order valence-corrected chi connectivity index (χ1v) is 19.6. The highest BCUT2D eigenvalue weighted by molar-refractivity contribution is 6.64. The topological polar surface area (TPSA) is 18.5 Å². The summed E-state index contributed by atoms with van der Waals surface area (Å²) in [5, 5.41) is 0. The third-order valence-corrected chi connectivity index (χ3v) is 13.3. The molecule has 2 aliphatic carbocycles. The Balaban J connectivity index is 1.15. The van der Waals surface area contributed by atoms with Crippen molar-refractivity contribution in [3.05, 3.63) is 197 Å². The van der Waals surface area contributed by atoms with E-state index in [4.69, 9.17) is 9.31 Å². The first-order chi connectivity index (χ1) is 26.5. The summed E-state index contributed by atoms with van der Waals surface area (Å²) < 4.78 is 13.6. The largest absolute Gasteiger partial charge is 0.495 e. The van der Waals surface area contributed by atoms with Crippen molar-refractivity contribution in [1.29, 1.82) is 0 Å². The van der Waals surface area contributed by atoms with Crippen LogP contribution in [0.5, 0.6) is 0 Å². The van der Waals surface area contributed by atoms with E-state index in [1.165, 1.54) is 77.9 Å². The van der Waals surface area contributed by atoms with Gasteiger partial charge < -0.3 is 9.31 Å². The van der Waals surface area contributed by atoms with E-state index in [1.54, 1.807) is 0 Å². The number of hydrogen-bond donors (Lipinski definition) is 0. The second-order valence-electron chi connectivity index (χ2n) is 17.1. The predicted molar refractivity (Wildman–Crippen MR) is 228 cm³/mol. The van der Waals surface area contributed by atoms with E-state index < -0.39 is 23.7 Å². The highest BCUT2D eigenvalue weighted by Gasteiger charge is 2.57. The Morgan fingerprint density at radius 2 is 0.782 bits per heavy atom. The van der Waals surface area contributed by atoms with Crippen LogP contribution in [0.25, 0.3) is 44.5 Å². The van der Waals surface area contributed by atoms with Crippen LogP contribution in [0.15, 0.2) is 164 Å². The van der Waals surface area contributed by atoms with E-state index in [-0.39, 0.29) is 5.41 Å². The van der Waals surface area contributed by atoms with Gasteiger partial charge in [-0.1, -0.05) is 172 Å². The fourth-order valence-electron chi connectivity index (χ4n) is 9.67. The third-order valence-electron chi connectivity index (χ3n) is 13.3. The molecule has 10 rings (SSSR count). The maximum Gasteiger partial charge on any atom is 0.495 e. The van der Waals surface area contributed by atoms with Gasteiger partial charge in [0.2, 0.25) is 0 Å². The average Bonchev–Trinajstić information content (AvgIpc) is 3.63. The molecule has 0 unspecified atom stereocenters. The number of fused-ring (bicyclic) bond motifs is 9. The van der Waals surface area contributed by atoms with Crippen LogP contribution in [0.1, 0.15) is 74.9 Å². The van der Waals surface area contributed by atoms with Crippen LogP contribution in [-0.4, -0.2) is 18.3 Å². The molecule has 0 aromatic heterocycles. The van der Waals surface area contributed by atoms with Gasteiger partial charge in [0.15, 0.2) is 0 Å². The van der Waals surface area contributed by atoms with Crippen LogP contribution < -0.4 is 5.46 Å². The summed E-state index contributed by atoms with van der Waals surface area (Å²) in [4.78, 5) is 0. The zero-order chi connectivity index (χ0) is 37.7. The standard InChI is InChI=1S/C52H45BO2/c1-49(2)42-17-10-12-19-44(42)52(45-20-13-11-18-43(45)49)41-32-31-39(33-40(41)48-46(52)21-14-22-47(48)53-54-50(3,4)51(5,6)55-53)38-29-27-37(28-30-38)36-25-23-35(24-26-36)34-15-8-7-9-16-34/h7-33H,1-6H3. The van der Waals surface area contributed by atoms with E-state index in [1.807, 2.05) is 0 Å². The van der Waals surface area contributed by atoms with Crippen LogP contribution >= 0.6 is 0 Å². The van der Waals surface area contributed by atoms with Crippen molar-refractivity contribution >= 4 is 12.6 Å². The molecule has 0 radical (unpaired) electrons. The molecule has 0 saturated carbocycles. The molecule has 0 N–H and O–H groups in total. The van der Waals surface area contributed by atoms with Gasteiger partial charge in [0, 0.05) is 5.41 Å². The fraction of sp³-hybridized carbons (Fsp3) is 0.192. The Morgan fingerprint density at radius 1 is 0.364 bits per heavy atom. The number of benzene rings is 7. The lowest BCUT2D eigenvalue weighted by molar-refractivity contribution is 0.00578. The SMILES string of the molecule is CC1(C)c2ccccc2C2(c3ccc(-c4ccc(-c5ccc(-c6ccccc6)cc5)cc4)cc3-c3c(B4OC(C)(C)C(C)(C)O4)cccc32)c2ccccc21. The van der Waals surface area contributed by atoms with Gasteiger partial charge in [0.05, 0.1) is 16.6 Å². The molecule has 0 bridgehead atoms. The van der Waals surface area contributed by atoms with Crippen molar-refractivity contribution in [1.82, 2.24) is 0 Å². The van der Waals surface area contributed by atoms with E-state index >= 15 is 0 Å². The van der Waals surface area contributed by atoms with E-state index in [9.17, 15) is 0 Å². The zero-order valence-corrected chi connectivity index (χ0v) is 32.5. The molecule has 7 aromatic carbocycles. The molecular weight excluding hydrogens is 667 g/mol. The molecule has 3 aliphatic rings. The predicted octanol–water partition coefficient (Wildman–Crippen LogP) is 12.0. The number of rotatable bonds is 4. The van der Waals surface area contributed by atoms with Gasteiger partial charge in [-0.05, 0) is 117 Å². The molecule has 7 aromatic rings. The quantitative estimate of drug-likeness (QED) is 0.169. The Morgan fingerprint density at radius 3 is 1.31 bits per heavy atom. The van der Waals surface area contributed by atoms with Crippen molar-refractivity contribution in [2.45, 2.75) is 63.6 Å². The average molecular weight is 713 g/mol. The molecule has 0 atom stereocenters. The summed E-state index contributed by atoms with van der Waals surface area (Å²) in [6, 6.07) is 60.6. The van der Waals surface area contributed by atoms with Crippen LogP contribution in [0, 0.1) is 0 Å². The van der Waals surface area contributed by atoms with E-state index in [0.717, 1.165) is 5.46 Å². The lowest BCUT2D eigenvalue weighted by Crippen LogP contribution is -2.41. The van der Waals surface area contributed by atoms with Gasteiger partial charge in [0.25, 0.3) is 0 Å². The maximum atomic E-state index is 6.82. The first kappa shape index (κ1) is 34.0. The lowest BCUT2D eigenvalue weighted by Gasteiger charge is -2.46. The second-order valence-corrected chi connectivity index (χ2v) is 17.1. The van der Waals surface area contributed by atoms with Crippen molar-refractivity contribution < 1.29 is 9.31 Å². The molecule has 268 valence electrons. The minimum Gasteiger partial charge on any atom is -0.399 e. The van der Waals surface area contributed by atoms with Gasteiger partial charge in [0.1, 0.15) is 0 Å². The summed E-state index contributed by atoms with van der Waals surface area (Å²) in [7, 11) is -0.496. The molecule has 55 heavy (non-hydrogen) atoms. The molecule has 0 amide bonds. The van der Waals surface area contributed by atoms with Crippen LogP contribution in [0.4, 0.5) is 0 Å². The second kappa shape index (κ2) is 12.0. The first-order valence-electron chi connectivity index (χ1n) is 19.6. The van der Waals surface area contributed by atoms with Crippen molar-refractivity contribution in [2.75, 3.05) is 0 Å². The third kappa shape index (κ3) is 4.89. The van der Waals surface area contributed by atoms with Gasteiger partial charge in [-0.15, -0.1) is 0 Å². The lowest BCUT2D eigenvalue weighted by atomic mass is 9.55. The molecule has 1 heterocycles. The minimum absolute atomic E-state index is 0.158. The van der Waals surface area contributed by atoms with E-state index in [0.29, 0.717) is 0 Å². The van der Waals surface area contributed by atoms with Gasteiger partial charge >= 0.3 is 7.12 Å². The normalized spacial score (nSPS) is 17.7. The van der Waals surface area contributed by atoms with Crippen LogP contribution in [0.2, 0.25) is 0 Å². The summed E-state index contributed by atoms with van der Waals surface area (Å²) in [5.74, 6) is 0. The summed E-state index contributed by atoms with van der Waals surface area (Å²) in [6.07, 6.45) is 0. The molecule has 2 nitrogen and oxygen atoms in total.